The molecule has 27 heavy (non-hydrogen) atoms. The van der Waals surface area contributed by atoms with E-state index in [2.05, 4.69) is 15.6 Å². The molecule has 0 atom stereocenters. The van der Waals surface area contributed by atoms with Gasteiger partial charge in [0.2, 0.25) is 0 Å². The van der Waals surface area contributed by atoms with Crippen LogP contribution in [0.1, 0.15) is 31.8 Å². The van der Waals surface area contributed by atoms with Crippen molar-refractivity contribution in [1.29, 1.82) is 0 Å². The molecule has 6 heteroatoms. The number of amides is 2. The summed E-state index contributed by atoms with van der Waals surface area (Å²) in [6.45, 7) is 1.90. The van der Waals surface area contributed by atoms with Gasteiger partial charge in [-0.25, -0.2) is 4.39 Å². The zero-order valence-electron chi connectivity index (χ0n) is 14.7. The molecule has 0 saturated carbocycles. The van der Waals surface area contributed by atoms with Crippen molar-refractivity contribution < 1.29 is 14.0 Å². The first kappa shape index (κ1) is 18.3. The predicted molar refractivity (Wildman–Crippen MR) is 101 cm³/mol. The molecular weight excluding hydrogens is 345 g/mol. The van der Waals surface area contributed by atoms with E-state index in [1.807, 2.05) is 6.07 Å². The molecule has 136 valence electrons. The SMILES string of the molecule is Cc1ccc(C(=O)NCc2cccc(NC(=O)c3ccncc3)c2)cc1F. The molecule has 0 aliphatic carbocycles. The minimum atomic E-state index is -0.413. The lowest BCUT2D eigenvalue weighted by Gasteiger charge is -2.09. The maximum absolute atomic E-state index is 13.6. The zero-order valence-corrected chi connectivity index (χ0v) is 14.7. The number of nitrogens with zero attached hydrogens (tertiary/aromatic N) is 1. The lowest BCUT2D eigenvalue weighted by molar-refractivity contribution is 0.0949. The number of hydrogen-bond donors (Lipinski definition) is 2. The molecule has 0 saturated heterocycles. The average molecular weight is 363 g/mol. The summed E-state index contributed by atoms with van der Waals surface area (Å²) in [5.74, 6) is -1.02. The molecule has 0 bridgehead atoms. The van der Waals surface area contributed by atoms with Crippen LogP contribution in [0.15, 0.2) is 67.0 Å². The van der Waals surface area contributed by atoms with Crippen molar-refractivity contribution in [1.82, 2.24) is 10.3 Å². The first-order valence-electron chi connectivity index (χ1n) is 8.37. The Hall–Kier alpha value is -3.54. The van der Waals surface area contributed by atoms with Crippen molar-refractivity contribution in [2.45, 2.75) is 13.5 Å². The molecule has 0 fully saturated rings. The Morgan fingerprint density at radius 2 is 1.74 bits per heavy atom. The second kappa shape index (κ2) is 8.23. The van der Waals surface area contributed by atoms with Gasteiger partial charge in [0.05, 0.1) is 0 Å². The van der Waals surface area contributed by atoms with Gasteiger partial charge in [0.25, 0.3) is 11.8 Å². The minimum Gasteiger partial charge on any atom is -0.348 e. The number of carbonyl (C=O) groups excluding carboxylic acids is 2. The van der Waals surface area contributed by atoms with E-state index in [0.29, 0.717) is 16.8 Å². The van der Waals surface area contributed by atoms with Gasteiger partial charge in [0.15, 0.2) is 0 Å². The van der Waals surface area contributed by atoms with Crippen LogP contribution in [-0.2, 0) is 6.54 Å². The van der Waals surface area contributed by atoms with Gasteiger partial charge in [-0.2, -0.15) is 0 Å². The van der Waals surface area contributed by atoms with Crippen LogP contribution < -0.4 is 10.6 Å². The third-order valence-electron chi connectivity index (χ3n) is 4.01. The molecule has 1 aromatic heterocycles. The molecule has 2 amide bonds. The Bertz CT molecular complexity index is 974. The van der Waals surface area contributed by atoms with E-state index < -0.39 is 5.82 Å². The van der Waals surface area contributed by atoms with Gasteiger partial charge >= 0.3 is 0 Å². The molecule has 3 aromatic rings. The lowest BCUT2D eigenvalue weighted by atomic mass is 10.1. The first-order valence-corrected chi connectivity index (χ1v) is 8.37. The summed E-state index contributed by atoms with van der Waals surface area (Å²) in [6, 6.07) is 14.8. The second-order valence-electron chi connectivity index (χ2n) is 6.04. The van der Waals surface area contributed by atoms with Crippen LogP contribution in [0.3, 0.4) is 0 Å². The highest BCUT2D eigenvalue weighted by Gasteiger charge is 2.09. The number of pyridine rings is 1. The zero-order chi connectivity index (χ0) is 19.2. The van der Waals surface area contributed by atoms with Crippen LogP contribution in [0.25, 0.3) is 0 Å². The third-order valence-corrected chi connectivity index (χ3v) is 4.01. The van der Waals surface area contributed by atoms with Crippen LogP contribution in [0, 0.1) is 12.7 Å². The molecule has 1 heterocycles. The van der Waals surface area contributed by atoms with Gasteiger partial charge in [0.1, 0.15) is 5.82 Å². The van der Waals surface area contributed by atoms with Crippen molar-refractivity contribution in [3.63, 3.8) is 0 Å². The number of nitrogens with one attached hydrogen (secondary N) is 2. The van der Waals surface area contributed by atoms with Gasteiger partial charge in [-0.1, -0.05) is 18.2 Å². The highest BCUT2D eigenvalue weighted by atomic mass is 19.1. The molecule has 5 nitrogen and oxygen atoms in total. The average Bonchev–Trinajstić information content (AvgIpc) is 2.69. The van der Waals surface area contributed by atoms with E-state index in [4.69, 9.17) is 0 Å². The molecule has 0 aliphatic rings. The number of aryl methyl sites for hydroxylation is 1. The van der Waals surface area contributed by atoms with E-state index in [9.17, 15) is 14.0 Å². The normalized spacial score (nSPS) is 10.3. The summed E-state index contributed by atoms with van der Waals surface area (Å²) < 4.78 is 13.6. The largest absolute Gasteiger partial charge is 0.348 e. The standard InChI is InChI=1S/C21H18FN3O2/c1-14-5-6-17(12-19(14)22)20(26)24-13-15-3-2-4-18(11-15)25-21(27)16-7-9-23-10-8-16/h2-12H,13H2,1H3,(H,24,26)(H,25,27). The summed E-state index contributed by atoms with van der Waals surface area (Å²) >= 11 is 0. The number of benzene rings is 2. The second-order valence-corrected chi connectivity index (χ2v) is 6.04. The highest BCUT2D eigenvalue weighted by Crippen LogP contribution is 2.13. The fourth-order valence-electron chi connectivity index (χ4n) is 2.48. The van der Waals surface area contributed by atoms with E-state index >= 15 is 0 Å². The summed E-state index contributed by atoms with van der Waals surface area (Å²) in [5.41, 5.74) is 2.68. The number of rotatable bonds is 5. The van der Waals surface area contributed by atoms with Crippen molar-refractivity contribution in [3.05, 3.63) is 95.1 Å². The Morgan fingerprint density at radius 3 is 2.48 bits per heavy atom. The highest BCUT2D eigenvalue weighted by molar-refractivity contribution is 6.04. The summed E-state index contributed by atoms with van der Waals surface area (Å²) in [5, 5.41) is 5.55. The Balaban J connectivity index is 1.63. The van der Waals surface area contributed by atoms with Gasteiger partial charge in [-0.05, 0) is 54.4 Å². The van der Waals surface area contributed by atoms with Crippen LogP contribution >= 0.6 is 0 Å². The van der Waals surface area contributed by atoms with Crippen molar-refractivity contribution in [3.8, 4) is 0 Å². The number of halogens is 1. The maximum atomic E-state index is 13.6. The molecule has 0 unspecified atom stereocenters. The number of anilines is 1. The molecule has 2 N–H and O–H groups in total. The number of hydrogen-bond acceptors (Lipinski definition) is 3. The fraction of sp³-hybridized carbons (Fsp3) is 0.0952. The molecule has 0 radical (unpaired) electrons. The van der Waals surface area contributed by atoms with E-state index in [0.717, 1.165) is 5.56 Å². The van der Waals surface area contributed by atoms with Crippen LogP contribution in [0.2, 0.25) is 0 Å². The molecule has 0 spiro atoms. The summed E-state index contributed by atoms with van der Waals surface area (Å²) in [6.07, 6.45) is 3.10. The first-order chi connectivity index (χ1) is 13.0. The molecule has 0 aliphatic heterocycles. The number of carbonyl (C=O) groups is 2. The van der Waals surface area contributed by atoms with Crippen molar-refractivity contribution in [2.24, 2.45) is 0 Å². The van der Waals surface area contributed by atoms with Gasteiger partial charge in [-0.3, -0.25) is 14.6 Å². The molecule has 2 aromatic carbocycles. The fourth-order valence-corrected chi connectivity index (χ4v) is 2.48. The lowest BCUT2D eigenvalue weighted by Crippen LogP contribution is -2.23. The van der Waals surface area contributed by atoms with Gasteiger partial charge < -0.3 is 10.6 Å². The summed E-state index contributed by atoms with van der Waals surface area (Å²) in [4.78, 5) is 28.2. The van der Waals surface area contributed by atoms with Crippen molar-refractivity contribution in [2.75, 3.05) is 5.32 Å². The van der Waals surface area contributed by atoms with E-state index in [1.54, 1.807) is 61.8 Å². The summed E-state index contributed by atoms with van der Waals surface area (Å²) in [7, 11) is 0. The third kappa shape index (κ3) is 4.76. The van der Waals surface area contributed by atoms with E-state index in [1.165, 1.54) is 6.07 Å². The monoisotopic (exact) mass is 363 g/mol. The quantitative estimate of drug-likeness (QED) is 0.726. The van der Waals surface area contributed by atoms with E-state index in [-0.39, 0.29) is 23.9 Å². The van der Waals surface area contributed by atoms with Crippen molar-refractivity contribution >= 4 is 17.5 Å². The van der Waals surface area contributed by atoms with Gasteiger partial charge in [0, 0.05) is 35.8 Å². The Morgan fingerprint density at radius 1 is 0.963 bits per heavy atom. The smallest absolute Gasteiger partial charge is 0.255 e. The predicted octanol–water partition coefficient (Wildman–Crippen LogP) is 3.71. The van der Waals surface area contributed by atoms with Crippen LogP contribution in [0.4, 0.5) is 10.1 Å². The molecule has 3 rings (SSSR count). The Labute approximate surface area is 156 Å². The van der Waals surface area contributed by atoms with Crippen LogP contribution in [0.5, 0.6) is 0 Å². The maximum Gasteiger partial charge on any atom is 0.255 e. The van der Waals surface area contributed by atoms with Gasteiger partial charge in [-0.15, -0.1) is 0 Å². The molecular formula is C21H18FN3O2. The Kier molecular flexibility index (Phi) is 5.56. The number of aromatic nitrogens is 1. The topological polar surface area (TPSA) is 71.1 Å². The van der Waals surface area contributed by atoms with Crippen LogP contribution in [-0.4, -0.2) is 16.8 Å². The minimum absolute atomic E-state index is 0.242.